The Morgan fingerprint density at radius 2 is 1.09 bits per heavy atom. The molecule has 0 N–H and O–H groups in total. The van der Waals surface area contributed by atoms with Crippen molar-refractivity contribution in [2.45, 2.75) is 0 Å². The summed E-state index contributed by atoms with van der Waals surface area (Å²) in [6.45, 7) is 0. The molecule has 0 saturated heterocycles. The highest BCUT2D eigenvalue weighted by molar-refractivity contribution is 5.72. The van der Waals surface area contributed by atoms with Gasteiger partial charge in [-0.25, -0.2) is 0 Å². The van der Waals surface area contributed by atoms with Crippen molar-refractivity contribution in [2.24, 2.45) is 0 Å². The Hall–Kier alpha value is -3.15. The SMILES string of the molecule is COc1nc(OC)nc(N(c2ccccc2)c2ccccc2)n1. The maximum Gasteiger partial charge on any atom is 0.324 e. The standard InChI is InChI=1S/C17H16N4O2/c1-22-16-18-15(19-17(20-16)23-2)21(13-9-5-3-6-10-13)14-11-7-4-8-12-14/h3-12H,1-2H3. The van der Waals surface area contributed by atoms with Gasteiger partial charge in [-0.1, -0.05) is 36.4 Å². The molecule has 0 amide bonds. The summed E-state index contributed by atoms with van der Waals surface area (Å²) < 4.78 is 10.3. The van der Waals surface area contributed by atoms with Gasteiger partial charge in [-0.2, -0.15) is 9.97 Å². The first kappa shape index (κ1) is 14.8. The largest absolute Gasteiger partial charge is 0.467 e. The molecular weight excluding hydrogens is 292 g/mol. The van der Waals surface area contributed by atoms with Gasteiger partial charge in [0.15, 0.2) is 0 Å². The van der Waals surface area contributed by atoms with Crippen LogP contribution in [0.15, 0.2) is 60.7 Å². The third-order valence-corrected chi connectivity index (χ3v) is 3.18. The second-order valence-electron chi connectivity index (χ2n) is 4.62. The Balaban J connectivity index is 2.16. The number of para-hydroxylation sites is 2. The first-order valence-electron chi connectivity index (χ1n) is 7.06. The number of ether oxygens (including phenoxy) is 2. The van der Waals surface area contributed by atoms with Crippen LogP contribution in [0.1, 0.15) is 0 Å². The number of methoxy groups -OCH3 is 2. The van der Waals surface area contributed by atoms with Crippen LogP contribution in [-0.4, -0.2) is 29.2 Å². The lowest BCUT2D eigenvalue weighted by atomic mass is 10.2. The van der Waals surface area contributed by atoms with Crippen LogP contribution in [0.25, 0.3) is 0 Å². The molecule has 0 radical (unpaired) electrons. The van der Waals surface area contributed by atoms with Gasteiger partial charge in [-0.05, 0) is 24.3 Å². The van der Waals surface area contributed by atoms with Crippen LogP contribution in [0, 0.1) is 0 Å². The first-order valence-corrected chi connectivity index (χ1v) is 7.06. The topological polar surface area (TPSA) is 60.4 Å². The maximum absolute atomic E-state index is 5.15. The van der Waals surface area contributed by atoms with Gasteiger partial charge in [0.05, 0.1) is 14.2 Å². The molecule has 3 aromatic rings. The van der Waals surface area contributed by atoms with Crippen molar-refractivity contribution in [3.63, 3.8) is 0 Å². The minimum absolute atomic E-state index is 0.198. The van der Waals surface area contributed by atoms with Crippen molar-refractivity contribution in [1.29, 1.82) is 0 Å². The van der Waals surface area contributed by atoms with E-state index in [-0.39, 0.29) is 12.0 Å². The average Bonchev–Trinajstić information content (AvgIpc) is 2.63. The van der Waals surface area contributed by atoms with Crippen molar-refractivity contribution in [1.82, 2.24) is 15.0 Å². The number of aromatic nitrogens is 3. The van der Waals surface area contributed by atoms with Gasteiger partial charge < -0.3 is 9.47 Å². The molecule has 2 aromatic carbocycles. The predicted octanol–water partition coefficient (Wildman–Crippen LogP) is 3.36. The minimum atomic E-state index is 0.198. The van der Waals surface area contributed by atoms with Crippen LogP contribution in [0.4, 0.5) is 17.3 Å². The van der Waals surface area contributed by atoms with Gasteiger partial charge in [0.25, 0.3) is 0 Å². The highest BCUT2D eigenvalue weighted by atomic mass is 16.5. The van der Waals surface area contributed by atoms with Crippen LogP contribution in [-0.2, 0) is 0 Å². The van der Waals surface area contributed by atoms with Crippen LogP contribution in [0.5, 0.6) is 12.0 Å². The first-order chi connectivity index (χ1) is 11.3. The Labute approximate surface area is 134 Å². The third kappa shape index (κ3) is 3.21. The molecule has 0 aliphatic heterocycles. The number of hydrogen-bond acceptors (Lipinski definition) is 6. The van der Waals surface area contributed by atoms with E-state index in [0.717, 1.165) is 11.4 Å². The Morgan fingerprint density at radius 3 is 1.48 bits per heavy atom. The fourth-order valence-corrected chi connectivity index (χ4v) is 2.14. The van der Waals surface area contributed by atoms with Crippen LogP contribution < -0.4 is 14.4 Å². The maximum atomic E-state index is 5.15. The van der Waals surface area contributed by atoms with E-state index in [2.05, 4.69) is 15.0 Å². The summed E-state index contributed by atoms with van der Waals surface area (Å²) in [4.78, 5) is 14.7. The molecule has 0 unspecified atom stereocenters. The number of benzene rings is 2. The predicted molar refractivity (Wildman–Crippen MR) is 87.6 cm³/mol. The average molecular weight is 308 g/mol. The lowest BCUT2D eigenvalue weighted by Crippen LogP contribution is -2.14. The monoisotopic (exact) mass is 308 g/mol. The van der Waals surface area contributed by atoms with E-state index in [1.54, 1.807) is 0 Å². The summed E-state index contributed by atoms with van der Waals surface area (Å²) in [5, 5.41) is 0. The van der Waals surface area contributed by atoms with Crippen molar-refractivity contribution >= 4 is 17.3 Å². The van der Waals surface area contributed by atoms with Crippen molar-refractivity contribution < 1.29 is 9.47 Å². The number of rotatable bonds is 5. The molecule has 0 atom stereocenters. The van der Waals surface area contributed by atoms with E-state index >= 15 is 0 Å². The molecule has 0 aliphatic rings. The van der Waals surface area contributed by atoms with Gasteiger partial charge in [0.1, 0.15) is 0 Å². The zero-order valence-corrected chi connectivity index (χ0v) is 12.9. The second-order valence-corrected chi connectivity index (χ2v) is 4.62. The van der Waals surface area contributed by atoms with Gasteiger partial charge in [0, 0.05) is 11.4 Å². The quantitative estimate of drug-likeness (QED) is 0.720. The van der Waals surface area contributed by atoms with Crippen LogP contribution in [0.3, 0.4) is 0 Å². The highest BCUT2D eigenvalue weighted by Crippen LogP contribution is 2.32. The molecule has 0 fully saturated rings. The fraction of sp³-hybridized carbons (Fsp3) is 0.118. The summed E-state index contributed by atoms with van der Waals surface area (Å²) in [6.07, 6.45) is 0. The van der Waals surface area contributed by atoms with Gasteiger partial charge >= 0.3 is 12.0 Å². The Kier molecular flexibility index (Phi) is 4.33. The lowest BCUT2D eigenvalue weighted by Gasteiger charge is -2.23. The zero-order chi connectivity index (χ0) is 16.1. The number of hydrogen-bond donors (Lipinski definition) is 0. The van der Waals surface area contributed by atoms with E-state index in [1.807, 2.05) is 65.6 Å². The molecule has 6 heteroatoms. The lowest BCUT2D eigenvalue weighted by molar-refractivity contribution is 0.340. The van der Waals surface area contributed by atoms with Gasteiger partial charge in [-0.15, -0.1) is 4.98 Å². The molecule has 1 aromatic heterocycles. The third-order valence-electron chi connectivity index (χ3n) is 3.18. The van der Waals surface area contributed by atoms with Crippen molar-refractivity contribution in [2.75, 3.05) is 19.1 Å². The van der Waals surface area contributed by atoms with Gasteiger partial charge in [-0.3, -0.25) is 4.90 Å². The summed E-state index contributed by atoms with van der Waals surface area (Å²) >= 11 is 0. The van der Waals surface area contributed by atoms with E-state index < -0.39 is 0 Å². The smallest absolute Gasteiger partial charge is 0.324 e. The molecule has 1 heterocycles. The zero-order valence-electron chi connectivity index (χ0n) is 12.9. The van der Waals surface area contributed by atoms with E-state index in [4.69, 9.17) is 9.47 Å². The molecule has 6 nitrogen and oxygen atoms in total. The molecule has 0 saturated carbocycles. The highest BCUT2D eigenvalue weighted by Gasteiger charge is 2.18. The number of nitrogens with zero attached hydrogens (tertiary/aromatic N) is 4. The van der Waals surface area contributed by atoms with Crippen LogP contribution >= 0.6 is 0 Å². The van der Waals surface area contributed by atoms with E-state index in [0.29, 0.717) is 5.95 Å². The summed E-state index contributed by atoms with van der Waals surface area (Å²) in [5.74, 6) is 0.422. The fourth-order valence-electron chi connectivity index (χ4n) is 2.14. The minimum Gasteiger partial charge on any atom is -0.467 e. The summed E-state index contributed by atoms with van der Waals surface area (Å²) in [6, 6.07) is 20.1. The molecular formula is C17H16N4O2. The molecule has 116 valence electrons. The van der Waals surface area contributed by atoms with E-state index in [1.165, 1.54) is 14.2 Å². The van der Waals surface area contributed by atoms with Crippen molar-refractivity contribution in [3.8, 4) is 12.0 Å². The Bertz CT molecular complexity index is 704. The normalized spacial score (nSPS) is 10.2. The second kappa shape index (κ2) is 6.74. The summed E-state index contributed by atoms with van der Waals surface area (Å²) in [7, 11) is 3.02. The molecule has 3 rings (SSSR count). The van der Waals surface area contributed by atoms with Crippen LogP contribution in [0.2, 0.25) is 0 Å². The summed E-state index contributed by atoms with van der Waals surface area (Å²) in [5.41, 5.74) is 1.85. The Morgan fingerprint density at radius 1 is 0.652 bits per heavy atom. The van der Waals surface area contributed by atoms with Gasteiger partial charge in [0.2, 0.25) is 5.95 Å². The van der Waals surface area contributed by atoms with E-state index in [9.17, 15) is 0 Å². The molecule has 0 aliphatic carbocycles. The molecule has 0 bridgehead atoms. The molecule has 23 heavy (non-hydrogen) atoms. The number of anilines is 3. The molecule has 0 spiro atoms. The van der Waals surface area contributed by atoms with Crippen molar-refractivity contribution in [3.05, 3.63) is 60.7 Å².